The molecule has 0 aromatic rings. The third-order valence-corrected chi connectivity index (χ3v) is 2.46. The van der Waals surface area contributed by atoms with Crippen molar-refractivity contribution in [2.75, 3.05) is 13.1 Å². The number of nitrogens with zero attached hydrogens (tertiary/aromatic N) is 1. The lowest BCUT2D eigenvalue weighted by Gasteiger charge is -2.21. The van der Waals surface area contributed by atoms with E-state index in [2.05, 4.69) is 16.7 Å². The number of rotatable bonds is 2. The van der Waals surface area contributed by atoms with Crippen LogP contribution in [0.15, 0.2) is 35.6 Å². The summed E-state index contributed by atoms with van der Waals surface area (Å²) < 4.78 is 0. The molecule has 5 heteroatoms. The van der Waals surface area contributed by atoms with Crippen LogP contribution in [0.2, 0.25) is 0 Å². The molecule has 2 heterocycles. The quantitative estimate of drug-likeness (QED) is 0.512. The van der Waals surface area contributed by atoms with Crippen LogP contribution in [0, 0.1) is 10.1 Å². The first kappa shape index (κ1) is 9.92. The number of hydrogen-bond acceptors (Lipinski definition) is 4. The van der Waals surface area contributed by atoms with Crippen molar-refractivity contribution in [1.29, 1.82) is 0 Å². The Labute approximate surface area is 87.7 Å². The summed E-state index contributed by atoms with van der Waals surface area (Å²) in [7, 11) is 0. The molecule has 80 valence electrons. The van der Waals surface area contributed by atoms with Gasteiger partial charge in [-0.15, -0.1) is 0 Å². The predicted molar refractivity (Wildman–Crippen MR) is 56.7 cm³/mol. The minimum absolute atomic E-state index is 0.333. The van der Waals surface area contributed by atoms with E-state index in [9.17, 15) is 10.1 Å². The summed E-state index contributed by atoms with van der Waals surface area (Å²) in [4.78, 5) is 10.3. The van der Waals surface area contributed by atoms with Crippen molar-refractivity contribution < 1.29 is 4.92 Å². The molecule has 1 atom stereocenters. The molecule has 0 saturated heterocycles. The topological polar surface area (TPSA) is 67.2 Å². The zero-order valence-corrected chi connectivity index (χ0v) is 8.27. The van der Waals surface area contributed by atoms with Gasteiger partial charge in [-0.3, -0.25) is 10.1 Å². The molecule has 0 spiro atoms. The molecule has 0 fully saturated rings. The molecule has 0 saturated carbocycles. The van der Waals surface area contributed by atoms with Crippen LogP contribution in [0.4, 0.5) is 0 Å². The highest BCUT2D eigenvalue weighted by molar-refractivity contribution is 5.37. The molecule has 5 nitrogen and oxygen atoms in total. The predicted octanol–water partition coefficient (Wildman–Crippen LogP) is 0.552. The van der Waals surface area contributed by atoms with Gasteiger partial charge in [0.25, 0.3) is 0 Å². The standard InChI is InChI=1S/C10H13N3O2/c14-13(15)10-5-1-4-9(12-10)8-3-2-6-11-7-8/h1,3-5,10-12H,2,6-7H2. The van der Waals surface area contributed by atoms with Gasteiger partial charge in [-0.2, -0.15) is 0 Å². The van der Waals surface area contributed by atoms with E-state index in [0.29, 0.717) is 0 Å². The zero-order chi connectivity index (χ0) is 10.7. The molecule has 0 aromatic carbocycles. The highest BCUT2D eigenvalue weighted by Gasteiger charge is 2.21. The molecule has 0 aliphatic carbocycles. The smallest absolute Gasteiger partial charge is 0.304 e. The summed E-state index contributed by atoms with van der Waals surface area (Å²) in [5, 5.41) is 16.7. The van der Waals surface area contributed by atoms with Crippen molar-refractivity contribution in [3.8, 4) is 0 Å². The van der Waals surface area contributed by atoms with Crippen LogP contribution in [0.3, 0.4) is 0 Å². The third-order valence-electron chi connectivity index (χ3n) is 2.46. The Morgan fingerprint density at radius 3 is 3.07 bits per heavy atom. The Bertz CT molecular complexity index is 358. The second-order valence-electron chi connectivity index (χ2n) is 3.53. The maximum Gasteiger partial charge on any atom is 0.304 e. The highest BCUT2D eigenvalue weighted by atomic mass is 16.6. The number of nitrogens with one attached hydrogen (secondary N) is 2. The van der Waals surface area contributed by atoms with Gasteiger partial charge < -0.3 is 10.6 Å². The molecule has 0 amide bonds. The SMILES string of the molecule is O=[N+]([O-])C1C=CC=C(C2=CCCNC2)N1. The van der Waals surface area contributed by atoms with E-state index in [0.717, 1.165) is 30.8 Å². The van der Waals surface area contributed by atoms with E-state index in [1.807, 2.05) is 6.08 Å². The van der Waals surface area contributed by atoms with E-state index in [-0.39, 0.29) is 4.92 Å². The number of hydrogen-bond donors (Lipinski definition) is 2. The van der Waals surface area contributed by atoms with Crippen molar-refractivity contribution in [3.63, 3.8) is 0 Å². The van der Waals surface area contributed by atoms with E-state index in [1.54, 1.807) is 12.2 Å². The largest absolute Gasteiger partial charge is 0.320 e. The maximum absolute atomic E-state index is 10.6. The molecule has 2 aliphatic heterocycles. The van der Waals surface area contributed by atoms with Gasteiger partial charge in [0.2, 0.25) is 0 Å². The average Bonchev–Trinajstić information content (AvgIpc) is 2.30. The summed E-state index contributed by atoms with van der Waals surface area (Å²) in [5.41, 5.74) is 1.96. The van der Waals surface area contributed by atoms with Crippen LogP contribution in [0.5, 0.6) is 0 Å². The van der Waals surface area contributed by atoms with Gasteiger partial charge in [-0.1, -0.05) is 12.2 Å². The summed E-state index contributed by atoms with van der Waals surface area (Å²) in [6, 6.07) is 0. The summed E-state index contributed by atoms with van der Waals surface area (Å²) in [6.07, 6.45) is 7.44. The summed E-state index contributed by atoms with van der Waals surface area (Å²) in [5.74, 6) is 0. The van der Waals surface area contributed by atoms with Gasteiger partial charge in [-0.05, 0) is 24.6 Å². The monoisotopic (exact) mass is 207 g/mol. The Morgan fingerprint density at radius 2 is 2.40 bits per heavy atom. The Morgan fingerprint density at radius 1 is 1.53 bits per heavy atom. The minimum atomic E-state index is -0.798. The van der Waals surface area contributed by atoms with Crippen LogP contribution in [0.25, 0.3) is 0 Å². The zero-order valence-electron chi connectivity index (χ0n) is 8.27. The van der Waals surface area contributed by atoms with Gasteiger partial charge in [0.15, 0.2) is 0 Å². The Hall–Kier alpha value is -1.62. The highest BCUT2D eigenvalue weighted by Crippen LogP contribution is 2.14. The fourth-order valence-corrected chi connectivity index (χ4v) is 1.68. The fourth-order valence-electron chi connectivity index (χ4n) is 1.68. The lowest BCUT2D eigenvalue weighted by Crippen LogP contribution is -2.37. The second kappa shape index (κ2) is 4.27. The summed E-state index contributed by atoms with van der Waals surface area (Å²) in [6.45, 7) is 1.75. The summed E-state index contributed by atoms with van der Waals surface area (Å²) >= 11 is 0. The molecular formula is C10H13N3O2. The van der Waals surface area contributed by atoms with Crippen molar-refractivity contribution in [3.05, 3.63) is 45.7 Å². The van der Waals surface area contributed by atoms with E-state index in [4.69, 9.17) is 0 Å². The lowest BCUT2D eigenvalue weighted by atomic mass is 10.1. The first-order chi connectivity index (χ1) is 7.27. The van der Waals surface area contributed by atoms with Crippen LogP contribution in [-0.4, -0.2) is 24.2 Å². The average molecular weight is 207 g/mol. The van der Waals surface area contributed by atoms with Crippen LogP contribution < -0.4 is 10.6 Å². The van der Waals surface area contributed by atoms with Crippen molar-refractivity contribution in [2.24, 2.45) is 0 Å². The van der Waals surface area contributed by atoms with Crippen molar-refractivity contribution in [2.45, 2.75) is 12.6 Å². The molecule has 15 heavy (non-hydrogen) atoms. The number of allylic oxidation sites excluding steroid dienone is 2. The molecule has 2 aliphatic rings. The van der Waals surface area contributed by atoms with Gasteiger partial charge in [-0.25, -0.2) is 0 Å². The molecule has 0 aromatic heterocycles. The van der Waals surface area contributed by atoms with Crippen molar-refractivity contribution in [1.82, 2.24) is 10.6 Å². The van der Waals surface area contributed by atoms with Crippen LogP contribution in [0.1, 0.15) is 6.42 Å². The normalized spacial score (nSPS) is 25.2. The van der Waals surface area contributed by atoms with Crippen molar-refractivity contribution >= 4 is 0 Å². The molecule has 2 rings (SSSR count). The number of dihydropyridines is 1. The fraction of sp³-hybridized carbons (Fsp3) is 0.400. The second-order valence-corrected chi connectivity index (χ2v) is 3.53. The molecule has 0 radical (unpaired) electrons. The van der Waals surface area contributed by atoms with Gasteiger partial charge >= 0.3 is 6.17 Å². The lowest BCUT2D eigenvalue weighted by molar-refractivity contribution is -0.514. The molecule has 1 unspecified atom stereocenters. The Balaban J connectivity index is 2.10. The van der Waals surface area contributed by atoms with Gasteiger partial charge in [0.1, 0.15) is 0 Å². The molecular weight excluding hydrogens is 194 g/mol. The first-order valence-electron chi connectivity index (χ1n) is 4.96. The molecule has 0 bridgehead atoms. The minimum Gasteiger partial charge on any atom is -0.320 e. The van der Waals surface area contributed by atoms with E-state index in [1.165, 1.54) is 0 Å². The van der Waals surface area contributed by atoms with Crippen LogP contribution in [-0.2, 0) is 0 Å². The van der Waals surface area contributed by atoms with E-state index >= 15 is 0 Å². The van der Waals surface area contributed by atoms with Crippen LogP contribution >= 0.6 is 0 Å². The van der Waals surface area contributed by atoms with Gasteiger partial charge in [0, 0.05) is 23.2 Å². The number of nitro groups is 1. The molecule has 2 N–H and O–H groups in total. The maximum atomic E-state index is 10.6. The van der Waals surface area contributed by atoms with Gasteiger partial charge in [0.05, 0.1) is 0 Å². The Kier molecular flexibility index (Phi) is 2.82. The van der Waals surface area contributed by atoms with E-state index < -0.39 is 6.17 Å². The first-order valence-corrected chi connectivity index (χ1v) is 4.96. The third kappa shape index (κ3) is 2.24.